The number of primary amides is 1. The highest BCUT2D eigenvalue weighted by molar-refractivity contribution is 5.95. The van der Waals surface area contributed by atoms with Gasteiger partial charge in [-0.15, -0.1) is 0 Å². The van der Waals surface area contributed by atoms with Gasteiger partial charge in [-0.1, -0.05) is 0 Å². The molecule has 2 aromatic rings. The Labute approximate surface area is 90.8 Å². The van der Waals surface area contributed by atoms with Crippen LogP contribution in [0.4, 0.5) is 0 Å². The standard InChI is InChI=1S/C9H10N6O/c1-12-8(10)6-2-14-7-3-13-5(9(11)16)4-15(6)7/h2-4H,1H3,(H2,10,12)(H2,11,16). The van der Waals surface area contributed by atoms with Gasteiger partial charge in [-0.05, 0) is 0 Å². The van der Waals surface area contributed by atoms with Crippen molar-refractivity contribution in [2.24, 2.45) is 5.73 Å². The Hall–Kier alpha value is -2.44. The molecule has 0 radical (unpaired) electrons. The highest BCUT2D eigenvalue weighted by atomic mass is 16.1. The summed E-state index contributed by atoms with van der Waals surface area (Å²) in [4.78, 5) is 18.9. The summed E-state index contributed by atoms with van der Waals surface area (Å²) >= 11 is 0. The van der Waals surface area contributed by atoms with Crippen LogP contribution in [0.2, 0.25) is 0 Å². The molecule has 0 saturated carbocycles. The number of imidazole rings is 1. The molecule has 0 unspecified atom stereocenters. The van der Waals surface area contributed by atoms with Crippen LogP contribution < -0.4 is 11.1 Å². The minimum atomic E-state index is -0.613. The van der Waals surface area contributed by atoms with Crippen LogP contribution in [-0.2, 0) is 0 Å². The number of hydrogen-bond donors (Lipinski definition) is 3. The number of rotatable bonds is 2. The third-order valence-corrected chi connectivity index (χ3v) is 2.15. The molecule has 0 bridgehead atoms. The Balaban J connectivity index is 2.64. The van der Waals surface area contributed by atoms with E-state index in [1.54, 1.807) is 11.4 Å². The van der Waals surface area contributed by atoms with E-state index in [4.69, 9.17) is 11.1 Å². The molecular formula is C9H10N6O. The van der Waals surface area contributed by atoms with Crippen LogP contribution in [0.25, 0.3) is 5.65 Å². The molecule has 2 rings (SSSR count). The molecule has 7 nitrogen and oxygen atoms in total. The van der Waals surface area contributed by atoms with Crippen molar-refractivity contribution >= 4 is 17.4 Å². The van der Waals surface area contributed by atoms with Gasteiger partial charge >= 0.3 is 0 Å². The largest absolute Gasteiger partial charge is 0.372 e. The molecule has 0 aromatic carbocycles. The monoisotopic (exact) mass is 218 g/mol. The Morgan fingerprint density at radius 2 is 2.25 bits per heavy atom. The minimum Gasteiger partial charge on any atom is -0.372 e. The molecule has 0 aliphatic carbocycles. The Morgan fingerprint density at radius 3 is 2.88 bits per heavy atom. The summed E-state index contributed by atoms with van der Waals surface area (Å²) in [7, 11) is 1.64. The van der Waals surface area contributed by atoms with Gasteiger partial charge in [-0.25, -0.2) is 9.97 Å². The molecule has 1 amide bonds. The predicted molar refractivity (Wildman–Crippen MR) is 57.4 cm³/mol. The summed E-state index contributed by atoms with van der Waals surface area (Å²) in [6.45, 7) is 0. The van der Waals surface area contributed by atoms with E-state index >= 15 is 0 Å². The fourth-order valence-corrected chi connectivity index (χ4v) is 1.33. The lowest BCUT2D eigenvalue weighted by Gasteiger charge is -2.03. The number of aromatic nitrogens is 3. The molecule has 0 aliphatic rings. The van der Waals surface area contributed by atoms with Crippen LogP contribution in [0.1, 0.15) is 16.2 Å². The van der Waals surface area contributed by atoms with Crippen LogP contribution in [0, 0.1) is 5.41 Å². The molecule has 0 aliphatic heterocycles. The summed E-state index contributed by atoms with van der Waals surface area (Å²) in [6, 6.07) is 0. The molecule has 4 N–H and O–H groups in total. The van der Waals surface area contributed by atoms with Crippen molar-refractivity contribution in [3.8, 4) is 0 Å². The number of carbonyl (C=O) groups excluding carboxylic acids is 1. The number of amides is 1. The van der Waals surface area contributed by atoms with Gasteiger partial charge in [0.2, 0.25) is 0 Å². The highest BCUT2D eigenvalue weighted by Crippen LogP contribution is 2.06. The van der Waals surface area contributed by atoms with Crippen molar-refractivity contribution in [1.82, 2.24) is 19.7 Å². The van der Waals surface area contributed by atoms with Gasteiger partial charge in [-0.2, -0.15) is 0 Å². The van der Waals surface area contributed by atoms with Crippen molar-refractivity contribution in [2.45, 2.75) is 0 Å². The number of nitrogens with one attached hydrogen (secondary N) is 2. The number of fused-ring (bicyclic) bond motifs is 1. The van der Waals surface area contributed by atoms with E-state index in [0.29, 0.717) is 11.3 Å². The zero-order valence-corrected chi connectivity index (χ0v) is 8.56. The maximum atomic E-state index is 11.0. The first-order valence-corrected chi connectivity index (χ1v) is 4.53. The Morgan fingerprint density at radius 1 is 1.50 bits per heavy atom. The summed E-state index contributed by atoms with van der Waals surface area (Å²) < 4.78 is 1.59. The minimum absolute atomic E-state index is 0.135. The van der Waals surface area contributed by atoms with E-state index in [9.17, 15) is 4.79 Å². The van der Waals surface area contributed by atoms with Crippen molar-refractivity contribution in [3.05, 3.63) is 30.0 Å². The third-order valence-electron chi connectivity index (χ3n) is 2.15. The molecule has 16 heavy (non-hydrogen) atoms. The normalized spacial score (nSPS) is 10.3. The van der Waals surface area contributed by atoms with E-state index in [1.807, 2.05) is 0 Å². The van der Waals surface area contributed by atoms with Gasteiger partial charge in [0.25, 0.3) is 5.91 Å². The van der Waals surface area contributed by atoms with Gasteiger partial charge in [0.05, 0.1) is 12.4 Å². The van der Waals surface area contributed by atoms with Gasteiger partial charge in [0.15, 0.2) is 5.65 Å². The van der Waals surface area contributed by atoms with Crippen molar-refractivity contribution in [3.63, 3.8) is 0 Å². The third kappa shape index (κ3) is 1.48. The van der Waals surface area contributed by atoms with Crippen LogP contribution in [0.5, 0.6) is 0 Å². The van der Waals surface area contributed by atoms with Crippen molar-refractivity contribution in [2.75, 3.05) is 7.05 Å². The van der Waals surface area contributed by atoms with Gasteiger partial charge in [-0.3, -0.25) is 14.6 Å². The summed E-state index contributed by atoms with van der Waals surface area (Å²) in [6.07, 6.45) is 4.43. The molecule has 0 atom stereocenters. The zero-order valence-electron chi connectivity index (χ0n) is 8.56. The van der Waals surface area contributed by atoms with Crippen LogP contribution in [0.15, 0.2) is 18.6 Å². The van der Waals surface area contributed by atoms with Gasteiger partial charge in [0.1, 0.15) is 17.2 Å². The quantitative estimate of drug-likeness (QED) is 0.460. The Bertz CT molecular complexity index is 572. The predicted octanol–water partition coefficient (Wildman–Crippen LogP) is -0.627. The SMILES string of the molecule is CNC(=N)c1cnc2cnc(C(N)=O)cn12. The van der Waals surface area contributed by atoms with Gasteiger partial charge in [0, 0.05) is 13.2 Å². The molecule has 2 heterocycles. The van der Waals surface area contributed by atoms with Crippen LogP contribution in [-0.4, -0.2) is 33.2 Å². The molecule has 0 saturated heterocycles. The number of carbonyl (C=O) groups is 1. The number of nitrogens with zero attached hydrogens (tertiary/aromatic N) is 3. The second kappa shape index (κ2) is 3.61. The summed E-state index contributed by atoms with van der Waals surface area (Å²) in [5.74, 6) is -0.411. The molecule has 7 heteroatoms. The van der Waals surface area contributed by atoms with Crippen molar-refractivity contribution in [1.29, 1.82) is 5.41 Å². The molecule has 82 valence electrons. The highest BCUT2D eigenvalue weighted by Gasteiger charge is 2.10. The van der Waals surface area contributed by atoms with Gasteiger partial charge < -0.3 is 11.1 Å². The summed E-state index contributed by atoms with van der Waals surface area (Å²) in [5.41, 5.74) is 6.36. The second-order valence-electron chi connectivity index (χ2n) is 3.13. The Kier molecular flexibility index (Phi) is 2.28. The lowest BCUT2D eigenvalue weighted by Crippen LogP contribution is -2.20. The number of nitrogens with two attached hydrogens (primary N) is 1. The molecule has 0 spiro atoms. The maximum Gasteiger partial charge on any atom is 0.268 e. The average molecular weight is 218 g/mol. The summed E-state index contributed by atoms with van der Waals surface area (Å²) in [5, 5.41) is 10.3. The first kappa shape index (κ1) is 10.1. The smallest absolute Gasteiger partial charge is 0.268 e. The average Bonchev–Trinajstić information content (AvgIpc) is 2.70. The zero-order chi connectivity index (χ0) is 11.7. The maximum absolute atomic E-state index is 11.0. The molecule has 0 fully saturated rings. The topological polar surface area (TPSA) is 109 Å². The van der Waals surface area contributed by atoms with E-state index in [-0.39, 0.29) is 11.5 Å². The van der Waals surface area contributed by atoms with E-state index in [1.165, 1.54) is 18.6 Å². The number of amidine groups is 1. The van der Waals surface area contributed by atoms with E-state index in [0.717, 1.165) is 0 Å². The lowest BCUT2D eigenvalue weighted by molar-refractivity contribution is 0.0995. The van der Waals surface area contributed by atoms with E-state index in [2.05, 4.69) is 15.3 Å². The molecule has 2 aromatic heterocycles. The van der Waals surface area contributed by atoms with Crippen LogP contribution in [0.3, 0.4) is 0 Å². The van der Waals surface area contributed by atoms with Crippen LogP contribution >= 0.6 is 0 Å². The van der Waals surface area contributed by atoms with E-state index < -0.39 is 5.91 Å². The lowest BCUT2D eigenvalue weighted by atomic mass is 10.4. The first-order valence-electron chi connectivity index (χ1n) is 4.53. The molecular weight excluding hydrogens is 208 g/mol. The number of hydrogen-bond acceptors (Lipinski definition) is 4. The fraction of sp³-hybridized carbons (Fsp3) is 0.111. The fourth-order valence-electron chi connectivity index (χ4n) is 1.33. The van der Waals surface area contributed by atoms with Crippen molar-refractivity contribution < 1.29 is 4.79 Å². The first-order chi connectivity index (χ1) is 7.63. The second-order valence-corrected chi connectivity index (χ2v) is 3.13.